The van der Waals surface area contributed by atoms with Crippen molar-refractivity contribution < 1.29 is 13.2 Å². The van der Waals surface area contributed by atoms with Gasteiger partial charge in [-0.05, 0) is 31.0 Å². The van der Waals surface area contributed by atoms with Gasteiger partial charge in [-0.3, -0.25) is 0 Å². The van der Waals surface area contributed by atoms with Crippen LogP contribution in [0, 0.1) is 0 Å². The third-order valence-electron chi connectivity index (χ3n) is 4.15. The van der Waals surface area contributed by atoms with E-state index < -0.39 is 10.0 Å². The molecule has 0 aromatic heterocycles. The minimum Gasteiger partial charge on any atom is -0.399 e. The lowest BCUT2D eigenvalue weighted by molar-refractivity contribution is -0.0586. The predicted octanol–water partition coefficient (Wildman–Crippen LogP) is 1.60. The number of nitrogens with zero attached hydrogens (tertiary/aromatic N) is 1. The van der Waals surface area contributed by atoms with E-state index in [9.17, 15) is 8.42 Å². The molecule has 1 saturated heterocycles. The molecule has 1 saturated carbocycles. The summed E-state index contributed by atoms with van der Waals surface area (Å²) in [6.07, 6.45) is 4.06. The number of morpholine rings is 1. The van der Waals surface area contributed by atoms with Gasteiger partial charge in [0.1, 0.15) is 0 Å². The third-order valence-corrected chi connectivity index (χ3v) is 6.07. The van der Waals surface area contributed by atoms with Crippen molar-refractivity contribution in [2.45, 2.75) is 42.7 Å². The van der Waals surface area contributed by atoms with Gasteiger partial charge >= 0.3 is 0 Å². The van der Waals surface area contributed by atoms with Crippen molar-refractivity contribution in [3.8, 4) is 0 Å². The van der Waals surface area contributed by atoms with Gasteiger partial charge < -0.3 is 10.5 Å². The summed E-state index contributed by atoms with van der Waals surface area (Å²) in [5, 5.41) is 0. The summed E-state index contributed by atoms with van der Waals surface area (Å²) in [5.74, 6) is 0. The van der Waals surface area contributed by atoms with Crippen molar-refractivity contribution in [1.82, 2.24) is 4.31 Å². The molecule has 0 amide bonds. The number of hydrogen-bond acceptors (Lipinski definition) is 4. The SMILES string of the molecule is Nc1cccc(S(=O)(=O)N2CCOC3CCCCC32)c1. The van der Waals surface area contributed by atoms with Gasteiger partial charge in [-0.25, -0.2) is 8.42 Å². The van der Waals surface area contributed by atoms with Crippen LogP contribution in [0.1, 0.15) is 25.7 Å². The highest BCUT2D eigenvalue weighted by molar-refractivity contribution is 7.89. The van der Waals surface area contributed by atoms with Crippen LogP contribution >= 0.6 is 0 Å². The van der Waals surface area contributed by atoms with Gasteiger partial charge in [0.25, 0.3) is 0 Å². The van der Waals surface area contributed by atoms with Gasteiger partial charge in [0.15, 0.2) is 0 Å². The van der Waals surface area contributed by atoms with E-state index in [1.807, 2.05) is 0 Å². The zero-order valence-electron chi connectivity index (χ0n) is 11.4. The lowest BCUT2D eigenvalue weighted by Gasteiger charge is -2.42. The molecule has 0 spiro atoms. The van der Waals surface area contributed by atoms with Gasteiger partial charge in [0.05, 0.1) is 23.6 Å². The largest absolute Gasteiger partial charge is 0.399 e. The molecule has 2 fully saturated rings. The fraction of sp³-hybridized carbons (Fsp3) is 0.571. The number of fused-ring (bicyclic) bond motifs is 1. The molecule has 110 valence electrons. The molecule has 20 heavy (non-hydrogen) atoms. The lowest BCUT2D eigenvalue weighted by Crippen LogP contribution is -2.54. The summed E-state index contributed by atoms with van der Waals surface area (Å²) < 4.78 is 33.0. The minimum absolute atomic E-state index is 0.0241. The van der Waals surface area contributed by atoms with Crippen molar-refractivity contribution in [1.29, 1.82) is 0 Å². The number of anilines is 1. The molecule has 1 heterocycles. The number of nitrogen functional groups attached to an aromatic ring is 1. The van der Waals surface area contributed by atoms with Crippen molar-refractivity contribution in [2.75, 3.05) is 18.9 Å². The summed E-state index contributed by atoms with van der Waals surface area (Å²) in [6, 6.07) is 6.49. The molecule has 6 heteroatoms. The Morgan fingerprint density at radius 3 is 2.85 bits per heavy atom. The molecular weight excluding hydrogens is 276 g/mol. The molecule has 2 N–H and O–H groups in total. The van der Waals surface area contributed by atoms with Gasteiger partial charge in [0, 0.05) is 12.2 Å². The molecule has 5 nitrogen and oxygen atoms in total. The summed E-state index contributed by atoms with van der Waals surface area (Å²) >= 11 is 0. The number of rotatable bonds is 2. The average molecular weight is 296 g/mol. The summed E-state index contributed by atoms with van der Waals surface area (Å²) in [7, 11) is -3.48. The Kier molecular flexibility index (Phi) is 3.70. The molecule has 1 aromatic rings. The molecular formula is C14H20N2O3S. The average Bonchev–Trinajstić information content (AvgIpc) is 2.46. The molecule has 3 rings (SSSR count). The summed E-state index contributed by atoms with van der Waals surface area (Å²) in [6.45, 7) is 0.904. The van der Waals surface area contributed by atoms with Crippen LogP contribution in [-0.2, 0) is 14.8 Å². The van der Waals surface area contributed by atoms with Crippen LogP contribution in [0.5, 0.6) is 0 Å². The van der Waals surface area contributed by atoms with Gasteiger partial charge in [0.2, 0.25) is 10.0 Å². The minimum atomic E-state index is -3.48. The van der Waals surface area contributed by atoms with Gasteiger partial charge in [-0.1, -0.05) is 18.9 Å². The maximum Gasteiger partial charge on any atom is 0.243 e. The number of sulfonamides is 1. The highest BCUT2D eigenvalue weighted by Crippen LogP contribution is 2.32. The second-order valence-electron chi connectivity index (χ2n) is 5.45. The highest BCUT2D eigenvalue weighted by atomic mass is 32.2. The van der Waals surface area contributed by atoms with E-state index in [2.05, 4.69) is 0 Å². The van der Waals surface area contributed by atoms with E-state index in [1.54, 1.807) is 22.5 Å². The molecule has 0 radical (unpaired) electrons. The second-order valence-corrected chi connectivity index (χ2v) is 7.34. The van der Waals surface area contributed by atoms with Crippen molar-refractivity contribution >= 4 is 15.7 Å². The van der Waals surface area contributed by atoms with E-state index in [1.165, 1.54) is 6.07 Å². The quantitative estimate of drug-likeness (QED) is 0.841. The molecule has 2 atom stereocenters. The van der Waals surface area contributed by atoms with Crippen LogP contribution in [0.25, 0.3) is 0 Å². The number of ether oxygens (including phenoxy) is 1. The molecule has 0 bridgehead atoms. The Morgan fingerprint density at radius 1 is 1.25 bits per heavy atom. The Balaban J connectivity index is 1.93. The molecule has 1 aliphatic heterocycles. The van der Waals surface area contributed by atoms with Crippen LogP contribution in [0.15, 0.2) is 29.2 Å². The first kappa shape index (κ1) is 13.9. The Hall–Kier alpha value is -1.11. The Morgan fingerprint density at radius 2 is 2.05 bits per heavy atom. The van der Waals surface area contributed by atoms with Crippen LogP contribution in [-0.4, -0.2) is 38.0 Å². The first-order valence-corrected chi connectivity index (χ1v) is 8.52. The zero-order valence-corrected chi connectivity index (χ0v) is 12.2. The Labute approximate surface area is 119 Å². The monoisotopic (exact) mass is 296 g/mol. The zero-order chi connectivity index (χ0) is 14.2. The number of nitrogens with two attached hydrogens (primary N) is 1. The normalized spacial score (nSPS) is 28.0. The van der Waals surface area contributed by atoms with Gasteiger partial charge in [-0.15, -0.1) is 0 Å². The molecule has 1 aliphatic carbocycles. The highest BCUT2D eigenvalue weighted by Gasteiger charge is 2.40. The van der Waals surface area contributed by atoms with Crippen molar-refractivity contribution in [2.24, 2.45) is 0 Å². The summed E-state index contributed by atoms with van der Waals surface area (Å²) in [5.41, 5.74) is 6.18. The summed E-state index contributed by atoms with van der Waals surface area (Å²) in [4.78, 5) is 0.281. The van der Waals surface area contributed by atoms with Crippen LogP contribution in [0.4, 0.5) is 5.69 Å². The van der Waals surface area contributed by atoms with Crippen molar-refractivity contribution in [3.63, 3.8) is 0 Å². The molecule has 1 aromatic carbocycles. The smallest absolute Gasteiger partial charge is 0.243 e. The maximum atomic E-state index is 12.8. The standard InChI is InChI=1S/C14H20N2O3S/c15-11-4-3-5-12(10-11)20(17,18)16-8-9-19-14-7-2-1-6-13(14)16/h3-5,10,13-14H,1-2,6-9,15H2. The van der Waals surface area contributed by atoms with E-state index >= 15 is 0 Å². The number of hydrogen-bond donors (Lipinski definition) is 1. The third kappa shape index (κ3) is 2.43. The topological polar surface area (TPSA) is 72.6 Å². The van der Waals surface area contributed by atoms with Crippen LogP contribution in [0.3, 0.4) is 0 Å². The predicted molar refractivity (Wildman–Crippen MR) is 76.7 cm³/mol. The van der Waals surface area contributed by atoms with Gasteiger partial charge in [-0.2, -0.15) is 4.31 Å². The first-order valence-electron chi connectivity index (χ1n) is 7.08. The van der Waals surface area contributed by atoms with Crippen LogP contribution < -0.4 is 5.73 Å². The second kappa shape index (κ2) is 5.35. The fourth-order valence-electron chi connectivity index (χ4n) is 3.17. The first-order chi connectivity index (χ1) is 9.59. The molecule has 2 unspecified atom stereocenters. The van der Waals surface area contributed by atoms with E-state index in [4.69, 9.17) is 10.5 Å². The number of benzene rings is 1. The van der Waals surface area contributed by atoms with E-state index in [0.29, 0.717) is 18.8 Å². The van der Waals surface area contributed by atoms with Crippen molar-refractivity contribution in [3.05, 3.63) is 24.3 Å². The van der Waals surface area contributed by atoms with E-state index in [-0.39, 0.29) is 17.0 Å². The lowest BCUT2D eigenvalue weighted by atomic mass is 9.91. The fourth-order valence-corrected chi connectivity index (χ4v) is 4.89. The van der Waals surface area contributed by atoms with E-state index in [0.717, 1.165) is 25.7 Å². The maximum absolute atomic E-state index is 12.8. The molecule has 2 aliphatic rings. The van der Waals surface area contributed by atoms with Crippen LogP contribution in [0.2, 0.25) is 0 Å². The Bertz CT molecular complexity index is 586.